The fraction of sp³-hybridized carbons (Fsp3) is 0.261. The fourth-order valence-electron chi connectivity index (χ4n) is 3.65. The number of fused-ring (bicyclic) bond motifs is 1. The molecule has 29 heavy (non-hydrogen) atoms. The summed E-state index contributed by atoms with van der Waals surface area (Å²) in [6.45, 7) is 5.23. The normalized spacial score (nSPS) is 16.4. The second kappa shape index (κ2) is 7.54. The van der Waals surface area contributed by atoms with Gasteiger partial charge in [-0.1, -0.05) is 36.4 Å². The van der Waals surface area contributed by atoms with Gasteiger partial charge in [0, 0.05) is 17.3 Å². The summed E-state index contributed by atoms with van der Waals surface area (Å²) in [7, 11) is 0. The molecule has 0 saturated carbocycles. The molecule has 2 aromatic carbocycles. The number of ether oxygens (including phenoxy) is 1. The van der Waals surface area contributed by atoms with Crippen molar-refractivity contribution in [3.63, 3.8) is 0 Å². The molecule has 3 aromatic rings. The molecule has 2 atom stereocenters. The van der Waals surface area contributed by atoms with Crippen molar-refractivity contribution in [2.75, 3.05) is 4.90 Å². The Morgan fingerprint density at radius 1 is 1.14 bits per heavy atom. The number of hydrogen-bond donors (Lipinski definition) is 0. The number of rotatable bonds is 4. The van der Waals surface area contributed by atoms with Crippen LogP contribution in [0.2, 0.25) is 0 Å². The summed E-state index contributed by atoms with van der Waals surface area (Å²) in [5.41, 5.74) is 2.84. The first kappa shape index (κ1) is 18.9. The lowest BCUT2D eigenvalue weighted by atomic mass is 10.1. The van der Waals surface area contributed by atoms with Crippen LogP contribution in [0.4, 0.5) is 5.69 Å². The number of hydrogen-bond acceptors (Lipinski definition) is 5. The highest BCUT2D eigenvalue weighted by molar-refractivity contribution is 6.00. The first-order chi connectivity index (χ1) is 14.0. The maximum atomic E-state index is 13.0. The van der Waals surface area contributed by atoms with Gasteiger partial charge >= 0.3 is 5.97 Å². The second-order valence-corrected chi connectivity index (χ2v) is 7.23. The monoisotopic (exact) mass is 390 g/mol. The highest BCUT2D eigenvalue weighted by atomic mass is 16.5. The van der Waals surface area contributed by atoms with Gasteiger partial charge in [0.1, 0.15) is 5.76 Å². The summed E-state index contributed by atoms with van der Waals surface area (Å²) in [6, 6.07) is 17.1. The zero-order valence-electron chi connectivity index (χ0n) is 16.6. The lowest BCUT2D eigenvalue weighted by molar-refractivity contribution is -0.126. The molecule has 0 bridgehead atoms. The maximum absolute atomic E-state index is 13.0. The number of para-hydroxylation sites is 1. The molecule has 0 fully saturated rings. The number of esters is 1. The molecule has 1 aliphatic heterocycles. The molecule has 6 heteroatoms. The number of aryl methyl sites for hydroxylation is 1. The Kier molecular flexibility index (Phi) is 4.92. The Labute approximate surface area is 169 Å². The summed E-state index contributed by atoms with van der Waals surface area (Å²) in [5, 5.41) is 0. The van der Waals surface area contributed by atoms with Crippen LogP contribution in [-0.2, 0) is 16.0 Å². The average Bonchev–Trinajstić information content (AvgIpc) is 3.27. The molecule has 148 valence electrons. The van der Waals surface area contributed by atoms with E-state index >= 15 is 0 Å². The molecule has 0 unspecified atom stereocenters. The van der Waals surface area contributed by atoms with E-state index in [9.17, 15) is 9.59 Å². The van der Waals surface area contributed by atoms with Crippen molar-refractivity contribution in [3.8, 4) is 11.5 Å². The van der Waals surface area contributed by atoms with Crippen molar-refractivity contribution in [1.29, 1.82) is 0 Å². The van der Waals surface area contributed by atoms with Crippen LogP contribution in [0.3, 0.4) is 0 Å². The summed E-state index contributed by atoms with van der Waals surface area (Å²) in [5.74, 6) is -0.223. The quantitative estimate of drug-likeness (QED) is 0.625. The number of amides is 1. The number of anilines is 1. The van der Waals surface area contributed by atoms with Gasteiger partial charge in [0.2, 0.25) is 5.89 Å². The molecule has 0 saturated heterocycles. The van der Waals surface area contributed by atoms with E-state index in [4.69, 9.17) is 9.15 Å². The van der Waals surface area contributed by atoms with Gasteiger partial charge in [-0.05, 0) is 51.0 Å². The van der Waals surface area contributed by atoms with E-state index in [0.717, 1.165) is 23.2 Å². The first-order valence-electron chi connectivity index (χ1n) is 9.60. The Hall–Kier alpha value is -3.41. The van der Waals surface area contributed by atoms with Crippen molar-refractivity contribution < 1.29 is 18.7 Å². The number of carbonyl (C=O) groups is 2. The third-order valence-corrected chi connectivity index (χ3v) is 5.09. The van der Waals surface area contributed by atoms with Crippen molar-refractivity contribution in [3.05, 3.63) is 71.6 Å². The van der Waals surface area contributed by atoms with Crippen LogP contribution < -0.4 is 4.90 Å². The predicted octanol–water partition coefficient (Wildman–Crippen LogP) is 4.17. The molecule has 1 aromatic heterocycles. The standard InChI is InChI=1S/C23H22N2O4/c1-14-13-18-11-7-8-12-19(18)25(14)22(26)16(3)29-23(27)20-15(2)28-21(24-20)17-9-5-4-6-10-17/h4-12,14,16H,13H2,1-3H3/t14-,16+/m0/s1. The van der Waals surface area contributed by atoms with E-state index in [2.05, 4.69) is 4.98 Å². The molecule has 2 heterocycles. The molecule has 0 radical (unpaired) electrons. The minimum Gasteiger partial charge on any atom is -0.448 e. The molecule has 4 rings (SSSR count). The topological polar surface area (TPSA) is 72.6 Å². The van der Waals surface area contributed by atoms with Gasteiger partial charge in [-0.15, -0.1) is 0 Å². The Bertz CT molecular complexity index is 1060. The van der Waals surface area contributed by atoms with Crippen LogP contribution in [-0.4, -0.2) is 29.0 Å². The third-order valence-electron chi connectivity index (χ3n) is 5.09. The van der Waals surface area contributed by atoms with E-state index in [0.29, 0.717) is 11.7 Å². The number of oxazole rings is 1. The van der Waals surface area contributed by atoms with E-state index in [1.807, 2.05) is 61.5 Å². The molecular formula is C23H22N2O4. The fourth-order valence-corrected chi connectivity index (χ4v) is 3.65. The predicted molar refractivity (Wildman–Crippen MR) is 109 cm³/mol. The van der Waals surface area contributed by atoms with Crippen molar-refractivity contribution in [2.45, 2.75) is 39.3 Å². The minimum absolute atomic E-state index is 0.0134. The van der Waals surface area contributed by atoms with Crippen molar-refractivity contribution in [1.82, 2.24) is 4.98 Å². The van der Waals surface area contributed by atoms with Crippen LogP contribution in [0, 0.1) is 6.92 Å². The molecular weight excluding hydrogens is 368 g/mol. The number of nitrogens with zero attached hydrogens (tertiary/aromatic N) is 2. The van der Waals surface area contributed by atoms with Gasteiger partial charge in [-0.3, -0.25) is 4.79 Å². The van der Waals surface area contributed by atoms with E-state index in [1.54, 1.807) is 18.7 Å². The molecule has 0 spiro atoms. The van der Waals surface area contributed by atoms with E-state index in [1.165, 1.54) is 0 Å². The molecule has 0 N–H and O–H groups in total. The lowest BCUT2D eigenvalue weighted by Gasteiger charge is -2.25. The molecule has 6 nitrogen and oxygen atoms in total. The van der Waals surface area contributed by atoms with Crippen LogP contribution in [0.5, 0.6) is 0 Å². The average molecular weight is 390 g/mol. The molecule has 1 amide bonds. The Morgan fingerprint density at radius 2 is 1.83 bits per heavy atom. The van der Waals surface area contributed by atoms with Gasteiger partial charge < -0.3 is 14.1 Å². The van der Waals surface area contributed by atoms with Gasteiger partial charge in [0.05, 0.1) is 0 Å². The van der Waals surface area contributed by atoms with Crippen molar-refractivity contribution >= 4 is 17.6 Å². The zero-order valence-corrected chi connectivity index (χ0v) is 16.6. The second-order valence-electron chi connectivity index (χ2n) is 7.23. The largest absolute Gasteiger partial charge is 0.448 e. The van der Waals surface area contributed by atoms with E-state index in [-0.39, 0.29) is 17.6 Å². The summed E-state index contributed by atoms with van der Waals surface area (Å²) in [4.78, 5) is 31.6. The lowest BCUT2D eigenvalue weighted by Crippen LogP contribution is -2.43. The van der Waals surface area contributed by atoms with Gasteiger partial charge in [-0.25, -0.2) is 9.78 Å². The van der Waals surface area contributed by atoms with Crippen molar-refractivity contribution in [2.24, 2.45) is 0 Å². The molecule has 0 aliphatic carbocycles. The summed E-state index contributed by atoms with van der Waals surface area (Å²) < 4.78 is 11.1. The van der Waals surface area contributed by atoms with Crippen LogP contribution in [0.15, 0.2) is 59.0 Å². The summed E-state index contributed by atoms with van der Waals surface area (Å²) >= 11 is 0. The third kappa shape index (κ3) is 3.53. The minimum atomic E-state index is -0.938. The van der Waals surface area contributed by atoms with Gasteiger partial charge in [0.25, 0.3) is 5.91 Å². The van der Waals surface area contributed by atoms with E-state index < -0.39 is 12.1 Å². The summed E-state index contributed by atoms with van der Waals surface area (Å²) in [6.07, 6.45) is -0.154. The Balaban J connectivity index is 1.50. The van der Waals surface area contributed by atoms with Gasteiger partial charge in [-0.2, -0.15) is 0 Å². The number of carbonyl (C=O) groups excluding carboxylic acids is 2. The smallest absolute Gasteiger partial charge is 0.361 e. The van der Waals surface area contributed by atoms with Gasteiger partial charge in [0.15, 0.2) is 11.8 Å². The maximum Gasteiger partial charge on any atom is 0.361 e. The molecule has 1 aliphatic rings. The SMILES string of the molecule is Cc1oc(-c2ccccc2)nc1C(=O)O[C@H](C)C(=O)N1c2ccccc2C[C@@H]1C. The highest BCUT2D eigenvalue weighted by Gasteiger charge is 2.35. The van der Waals surface area contributed by atoms with Crippen LogP contribution in [0.25, 0.3) is 11.5 Å². The highest BCUT2D eigenvalue weighted by Crippen LogP contribution is 2.32. The first-order valence-corrected chi connectivity index (χ1v) is 9.60. The number of benzene rings is 2. The zero-order chi connectivity index (χ0) is 20.5. The van der Waals surface area contributed by atoms with Crippen LogP contribution in [0.1, 0.15) is 35.7 Å². The van der Waals surface area contributed by atoms with Crippen LogP contribution >= 0.6 is 0 Å². The number of aromatic nitrogens is 1. The Morgan fingerprint density at radius 3 is 2.59 bits per heavy atom.